The minimum Gasteiger partial charge on any atom is -0.457 e. The van der Waals surface area contributed by atoms with Crippen LogP contribution < -0.4 is 5.32 Å². The number of hydrogen-bond donors (Lipinski definition) is 1. The first-order valence-electron chi connectivity index (χ1n) is 8.33. The Balaban J connectivity index is 1.82. The number of hydrogen-bond acceptors (Lipinski definition) is 3. The van der Waals surface area contributed by atoms with Crippen LogP contribution in [-0.4, -0.2) is 5.91 Å². The first-order chi connectivity index (χ1) is 13.0. The van der Waals surface area contributed by atoms with E-state index in [9.17, 15) is 10.1 Å². The highest BCUT2D eigenvalue weighted by atomic mass is 79.9. The first kappa shape index (κ1) is 18.7. The van der Waals surface area contributed by atoms with Crippen molar-refractivity contribution in [2.45, 2.75) is 13.8 Å². The standard InChI is InChI=1S/C22H17BrN2O2/c1-14-4-3-5-20(15(14)2)25-22(26)17(13-24)12-19-10-11-21(27-19)16-6-8-18(23)9-7-16/h3-12H,1-2H3,(H,25,26)/b17-12+. The summed E-state index contributed by atoms with van der Waals surface area (Å²) in [5.74, 6) is 0.648. The molecule has 0 bridgehead atoms. The number of amides is 1. The second-order valence-corrected chi connectivity index (χ2v) is 7.00. The third kappa shape index (κ3) is 4.36. The predicted molar refractivity (Wildman–Crippen MR) is 110 cm³/mol. The Hall–Kier alpha value is -3.10. The van der Waals surface area contributed by atoms with Gasteiger partial charge in [0, 0.05) is 21.8 Å². The fraction of sp³-hybridized carbons (Fsp3) is 0.0909. The van der Waals surface area contributed by atoms with Gasteiger partial charge < -0.3 is 9.73 Å². The molecule has 0 spiro atoms. The number of halogens is 1. The highest BCUT2D eigenvalue weighted by Crippen LogP contribution is 2.25. The molecule has 0 radical (unpaired) electrons. The molecule has 3 rings (SSSR count). The van der Waals surface area contributed by atoms with Crippen LogP contribution in [-0.2, 0) is 4.79 Å². The van der Waals surface area contributed by atoms with Crippen molar-refractivity contribution in [1.82, 2.24) is 0 Å². The number of rotatable bonds is 4. The molecular formula is C22H17BrN2O2. The lowest BCUT2D eigenvalue weighted by atomic mass is 10.1. The molecule has 0 fully saturated rings. The largest absolute Gasteiger partial charge is 0.457 e. The number of nitrogens with one attached hydrogen (secondary N) is 1. The maximum absolute atomic E-state index is 12.5. The monoisotopic (exact) mass is 420 g/mol. The van der Waals surface area contributed by atoms with Gasteiger partial charge in [0.2, 0.25) is 0 Å². The average Bonchev–Trinajstić information content (AvgIpc) is 3.12. The SMILES string of the molecule is Cc1cccc(NC(=O)/C(C#N)=C/c2ccc(-c3ccc(Br)cc3)o2)c1C. The van der Waals surface area contributed by atoms with Crippen molar-refractivity contribution in [1.29, 1.82) is 5.26 Å². The molecule has 0 saturated carbocycles. The van der Waals surface area contributed by atoms with Gasteiger partial charge in [-0.3, -0.25) is 4.79 Å². The van der Waals surface area contributed by atoms with E-state index in [1.165, 1.54) is 6.08 Å². The minimum absolute atomic E-state index is 0.0207. The third-order valence-electron chi connectivity index (χ3n) is 4.26. The molecule has 5 heteroatoms. The smallest absolute Gasteiger partial charge is 0.266 e. The quantitative estimate of drug-likeness (QED) is 0.423. The Morgan fingerprint density at radius 2 is 1.85 bits per heavy atom. The summed E-state index contributed by atoms with van der Waals surface area (Å²) in [4.78, 5) is 12.5. The van der Waals surface area contributed by atoms with Gasteiger partial charge in [0.25, 0.3) is 5.91 Å². The van der Waals surface area contributed by atoms with Gasteiger partial charge in [0.1, 0.15) is 23.2 Å². The molecule has 0 unspecified atom stereocenters. The van der Waals surface area contributed by atoms with E-state index in [0.717, 1.165) is 21.2 Å². The van der Waals surface area contributed by atoms with Crippen molar-refractivity contribution < 1.29 is 9.21 Å². The van der Waals surface area contributed by atoms with Crippen LogP contribution in [0.3, 0.4) is 0 Å². The summed E-state index contributed by atoms with van der Waals surface area (Å²) in [6, 6.07) is 18.8. The van der Waals surface area contributed by atoms with Gasteiger partial charge in [-0.2, -0.15) is 5.26 Å². The van der Waals surface area contributed by atoms with Crippen molar-refractivity contribution in [3.63, 3.8) is 0 Å². The molecule has 0 atom stereocenters. The second kappa shape index (κ2) is 8.07. The number of furan rings is 1. The predicted octanol–water partition coefficient (Wildman–Crippen LogP) is 5.87. The van der Waals surface area contributed by atoms with E-state index in [1.54, 1.807) is 6.07 Å². The minimum atomic E-state index is -0.465. The summed E-state index contributed by atoms with van der Waals surface area (Å²) in [7, 11) is 0. The number of aryl methyl sites for hydroxylation is 1. The number of anilines is 1. The van der Waals surface area contributed by atoms with Crippen LogP contribution in [0.1, 0.15) is 16.9 Å². The number of nitriles is 1. The van der Waals surface area contributed by atoms with E-state index in [2.05, 4.69) is 21.2 Å². The van der Waals surface area contributed by atoms with E-state index in [4.69, 9.17) is 4.42 Å². The zero-order valence-electron chi connectivity index (χ0n) is 14.9. The molecule has 0 saturated heterocycles. The van der Waals surface area contributed by atoms with E-state index in [-0.39, 0.29) is 5.57 Å². The van der Waals surface area contributed by atoms with Crippen molar-refractivity contribution in [2.24, 2.45) is 0 Å². The van der Waals surface area contributed by atoms with Crippen LogP contribution >= 0.6 is 15.9 Å². The van der Waals surface area contributed by atoms with Crippen LogP contribution in [0.25, 0.3) is 17.4 Å². The van der Waals surface area contributed by atoms with E-state index >= 15 is 0 Å². The van der Waals surface area contributed by atoms with Crippen molar-refractivity contribution >= 4 is 33.6 Å². The van der Waals surface area contributed by atoms with Crippen LogP contribution in [0.4, 0.5) is 5.69 Å². The highest BCUT2D eigenvalue weighted by Gasteiger charge is 2.13. The molecule has 1 aromatic heterocycles. The van der Waals surface area contributed by atoms with E-state index in [0.29, 0.717) is 17.2 Å². The lowest BCUT2D eigenvalue weighted by molar-refractivity contribution is -0.112. The maximum atomic E-state index is 12.5. The van der Waals surface area contributed by atoms with Gasteiger partial charge in [0.15, 0.2) is 0 Å². The van der Waals surface area contributed by atoms with Gasteiger partial charge in [0.05, 0.1) is 0 Å². The number of nitrogens with zero attached hydrogens (tertiary/aromatic N) is 1. The molecule has 134 valence electrons. The van der Waals surface area contributed by atoms with Gasteiger partial charge in [-0.05, 0) is 55.3 Å². The van der Waals surface area contributed by atoms with Crippen LogP contribution in [0.2, 0.25) is 0 Å². The topological polar surface area (TPSA) is 66.0 Å². The molecule has 27 heavy (non-hydrogen) atoms. The second-order valence-electron chi connectivity index (χ2n) is 6.08. The summed E-state index contributed by atoms with van der Waals surface area (Å²) in [6.45, 7) is 3.90. The fourth-order valence-corrected chi connectivity index (χ4v) is 2.83. The van der Waals surface area contributed by atoms with Gasteiger partial charge in [-0.15, -0.1) is 0 Å². The summed E-state index contributed by atoms with van der Waals surface area (Å²) in [5, 5.41) is 12.2. The van der Waals surface area contributed by atoms with Gasteiger partial charge in [-0.1, -0.05) is 40.2 Å². The zero-order chi connectivity index (χ0) is 19.4. The van der Waals surface area contributed by atoms with Gasteiger partial charge in [-0.25, -0.2) is 0 Å². The summed E-state index contributed by atoms with van der Waals surface area (Å²) < 4.78 is 6.74. The molecule has 3 aromatic rings. The average molecular weight is 421 g/mol. The van der Waals surface area contributed by atoms with E-state index < -0.39 is 5.91 Å². The van der Waals surface area contributed by atoms with Gasteiger partial charge >= 0.3 is 0 Å². The number of carbonyl (C=O) groups is 1. The molecule has 2 aromatic carbocycles. The number of carbonyl (C=O) groups excluding carboxylic acids is 1. The summed E-state index contributed by atoms with van der Waals surface area (Å²) in [6.07, 6.45) is 1.45. The summed E-state index contributed by atoms with van der Waals surface area (Å²) in [5.41, 5.74) is 3.62. The maximum Gasteiger partial charge on any atom is 0.266 e. The molecule has 4 nitrogen and oxygen atoms in total. The molecule has 0 aliphatic carbocycles. The number of benzene rings is 2. The Morgan fingerprint density at radius 1 is 1.11 bits per heavy atom. The molecular weight excluding hydrogens is 404 g/mol. The fourth-order valence-electron chi connectivity index (χ4n) is 2.57. The Morgan fingerprint density at radius 3 is 2.56 bits per heavy atom. The van der Waals surface area contributed by atoms with Crippen LogP contribution in [0.5, 0.6) is 0 Å². The zero-order valence-corrected chi connectivity index (χ0v) is 16.5. The molecule has 1 heterocycles. The van der Waals surface area contributed by atoms with Crippen molar-refractivity contribution in [3.05, 3.63) is 81.5 Å². The Labute approximate surface area is 166 Å². The Kier molecular flexibility index (Phi) is 5.58. The molecule has 0 aliphatic heterocycles. The Bertz CT molecular complexity index is 1060. The highest BCUT2D eigenvalue weighted by molar-refractivity contribution is 9.10. The lowest BCUT2D eigenvalue weighted by Gasteiger charge is -2.09. The summed E-state index contributed by atoms with van der Waals surface area (Å²) >= 11 is 3.40. The lowest BCUT2D eigenvalue weighted by Crippen LogP contribution is -2.14. The molecule has 0 aliphatic rings. The van der Waals surface area contributed by atoms with E-state index in [1.807, 2.05) is 68.4 Å². The normalized spacial score (nSPS) is 11.1. The molecule has 1 amide bonds. The van der Waals surface area contributed by atoms with Crippen molar-refractivity contribution in [2.75, 3.05) is 5.32 Å². The third-order valence-corrected chi connectivity index (χ3v) is 4.79. The van der Waals surface area contributed by atoms with Crippen LogP contribution in [0.15, 0.2) is 69.1 Å². The molecule has 1 N–H and O–H groups in total. The first-order valence-corrected chi connectivity index (χ1v) is 9.12. The van der Waals surface area contributed by atoms with Crippen molar-refractivity contribution in [3.8, 4) is 17.4 Å². The van der Waals surface area contributed by atoms with Crippen LogP contribution in [0, 0.1) is 25.2 Å².